The summed E-state index contributed by atoms with van der Waals surface area (Å²) in [5, 5.41) is 6.33. The molecule has 0 saturated carbocycles. The largest absolute Gasteiger partial charge is 0.337 e. The lowest BCUT2D eigenvalue weighted by atomic mass is 9.74. The van der Waals surface area contributed by atoms with Crippen molar-refractivity contribution in [1.29, 1.82) is 0 Å². The van der Waals surface area contributed by atoms with Gasteiger partial charge < -0.3 is 20.4 Å². The number of halogens is 3. The fraction of sp³-hybridized carbons (Fsp3) is 0.400. The van der Waals surface area contributed by atoms with Gasteiger partial charge in [0.1, 0.15) is 17.4 Å². The van der Waals surface area contributed by atoms with Crippen LogP contribution in [0.15, 0.2) is 41.2 Å². The minimum atomic E-state index is -0.631. The number of allylic oxidation sites excluding steroid dienone is 1. The summed E-state index contributed by atoms with van der Waals surface area (Å²) in [6, 6.07) is 3.97. The van der Waals surface area contributed by atoms with Crippen molar-refractivity contribution in [2.45, 2.75) is 18.0 Å². The number of likely N-dealkylation sites (tertiary alicyclic amines) is 1. The van der Waals surface area contributed by atoms with E-state index in [1.807, 2.05) is 0 Å². The molecule has 0 bridgehead atoms. The van der Waals surface area contributed by atoms with E-state index in [9.17, 15) is 14.0 Å². The van der Waals surface area contributed by atoms with Crippen molar-refractivity contribution in [3.63, 3.8) is 0 Å². The third-order valence-corrected chi connectivity index (χ3v) is 6.95. The first kappa shape index (κ1) is 18.9. The molecule has 4 aliphatic rings. The maximum atomic E-state index is 14.4. The smallest absolute Gasteiger partial charge is 0.256 e. The van der Waals surface area contributed by atoms with Crippen molar-refractivity contribution < 1.29 is 14.0 Å². The zero-order valence-corrected chi connectivity index (χ0v) is 16.9. The molecule has 6 nitrogen and oxygen atoms in total. The molecule has 2 amide bonds. The molecule has 1 aromatic rings. The van der Waals surface area contributed by atoms with Crippen LogP contribution in [0.2, 0.25) is 0 Å². The van der Waals surface area contributed by atoms with Crippen molar-refractivity contribution in [2.24, 2.45) is 5.41 Å². The molecule has 2 N–H and O–H groups in total. The summed E-state index contributed by atoms with van der Waals surface area (Å²) in [7, 11) is 0. The number of carbonyl (C=O) groups excluding carboxylic acids is 2. The zero-order chi connectivity index (χ0) is 20.3. The van der Waals surface area contributed by atoms with Crippen LogP contribution in [-0.2, 0) is 11.2 Å². The second kappa shape index (κ2) is 6.72. The number of hydrogen-bond donors (Lipinski definition) is 2. The highest BCUT2D eigenvalue weighted by atomic mass is 35.5. The van der Waals surface area contributed by atoms with Crippen molar-refractivity contribution in [2.75, 3.05) is 26.2 Å². The van der Waals surface area contributed by atoms with E-state index in [1.165, 1.54) is 6.07 Å². The van der Waals surface area contributed by atoms with E-state index >= 15 is 0 Å². The van der Waals surface area contributed by atoms with E-state index < -0.39 is 17.4 Å². The average Bonchev–Trinajstić information content (AvgIpc) is 2.93. The van der Waals surface area contributed by atoms with Crippen molar-refractivity contribution in [3.05, 3.63) is 58.1 Å². The maximum Gasteiger partial charge on any atom is 0.256 e. The van der Waals surface area contributed by atoms with E-state index in [4.69, 9.17) is 23.2 Å². The summed E-state index contributed by atoms with van der Waals surface area (Å²) in [5.41, 5.74) is 1.12. The van der Waals surface area contributed by atoms with Gasteiger partial charge in [-0.2, -0.15) is 0 Å². The molecule has 29 heavy (non-hydrogen) atoms. The van der Waals surface area contributed by atoms with Gasteiger partial charge in [-0.1, -0.05) is 29.3 Å². The number of nitrogens with one attached hydrogen (secondary N) is 2. The summed E-state index contributed by atoms with van der Waals surface area (Å²) < 4.78 is 14.4. The minimum absolute atomic E-state index is 0.0710. The summed E-state index contributed by atoms with van der Waals surface area (Å²) >= 11 is 12.5. The van der Waals surface area contributed by atoms with Gasteiger partial charge in [0.15, 0.2) is 0 Å². The molecule has 9 heteroatoms. The lowest BCUT2D eigenvalue weighted by Crippen LogP contribution is -2.71. The van der Waals surface area contributed by atoms with Gasteiger partial charge in [0.25, 0.3) is 11.8 Å². The predicted octanol–water partition coefficient (Wildman–Crippen LogP) is 1.76. The van der Waals surface area contributed by atoms with E-state index in [-0.39, 0.29) is 22.8 Å². The molecular formula is C20H19Cl2FN4O2. The lowest BCUT2D eigenvalue weighted by Gasteiger charge is -2.56. The Hall–Kier alpha value is -2.09. The molecule has 2 fully saturated rings. The number of carbonyl (C=O) groups is 2. The van der Waals surface area contributed by atoms with Gasteiger partial charge in [-0.05, 0) is 23.8 Å². The average molecular weight is 437 g/mol. The Balaban J connectivity index is 1.35. The van der Waals surface area contributed by atoms with Crippen LogP contribution in [0.25, 0.3) is 0 Å². The van der Waals surface area contributed by atoms with Crippen LogP contribution >= 0.6 is 23.2 Å². The summed E-state index contributed by atoms with van der Waals surface area (Å²) in [5.74, 6) is -1.02. The first-order valence-corrected chi connectivity index (χ1v) is 10.3. The zero-order valence-electron chi connectivity index (χ0n) is 15.4. The standard InChI is InChI=1S/C20H19Cl2FN4O2/c21-14-5-16-18(28)25-6-12(27(16)17(14)22)3-11-1-2-15(23)13(4-11)19(29)26-9-20(10-26)7-24-8-20/h1-2,4-6,16-17,24H,3,7-10H2,(H,25,28). The third kappa shape index (κ3) is 3.03. The monoisotopic (exact) mass is 436 g/mol. The molecule has 0 aromatic heterocycles. The highest BCUT2D eigenvalue weighted by molar-refractivity contribution is 6.38. The van der Waals surface area contributed by atoms with Crippen LogP contribution < -0.4 is 10.6 Å². The van der Waals surface area contributed by atoms with Gasteiger partial charge in [-0.25, -0.2) is 4.39 Å². The number of amides is 2. The molecule has 0 aliphatic carbocycles. The van der Waals surface area contributed by atoms with Crippen LogP contribution in [-0.4, -0.2) is 59.3 Å². The number of hydrogen-bond acceptors (Lipinski definition) is 4. The molecular weight excluding hydrogens is 418 g/mol. The van der Waals surface area contributed by atoms with E-state index in [2.05, 4.69) is 10.6 Å². The van der Waals surface area contributed by atoms with Crippen molar-refractivity contribution in [3.8, 4) is 0 Å². The van der Waals surface area contributed by atoms with E-state index in [0.29, 0.717) is 24.5 Å². The summed E-state index contributed by atoms with van der Waals surface area (Å²) in [6.07, 6.45) is 3.59. The fourth-order valence-corrected chi connectivity index (χ4v) is 4.95. The number of alkyl halides is 1. The topological polar surface area (TPSA) is 64.7 Å². The van der Waals surface area contributed by atoms with Crippen LogP contribution in [0.4, 0.5) is 4.39 Å². The van der Waals surface area contributed by atoms with Crippen LogP contribution in [0.1, 0.15) is 15.9 Å². The van der Waals surface area contributed by atoms with Crippen molar-refractivity contribution >= 4 is 35.0 Å². The molecule has 1 aromatic carbocycles. The molecule has 5 rings (SSSR count). The van der Waals surface area contributed by atoms with Crippen LogP contribution in [0, 0.1) is 11.2 Å². The van der Waals surface area contributed by atoms with Gasteiger partial charge in [-0.3, -0.25) is 9.59 Å². The molecule has 152 valence electrons. The number of benzene rings is 1. The first-order valence-electron chi connectivity index (χ1n) is 9.44. The Morgan fingerprint density at radius 3 is 2.76 bits per heavy atom. The molecule has 4 aliphatic heterocycles. The highest BCUT2D eigenvalue weighted by Crippen LogP contribution is 2.37. The fourth-order valence-electron chi connectivity index (χ4n) is 4.40. The van der Waals surface area contributed by atoms with Crippen molar-refractivity contribution in [1.82, 2.24) is 20.4 Å². The molecule has 0 radical (unpaired) electrons. The Labute approximate surface area is 177 Å². The predicted molar refractivity (Wildman–Crippen MR) is 107 cm³/mol. The van der Waals surface area contributed by atoms with Gasteiger partial charge in [0, 0.05) is 49.9 Å². The van der Waals surface area contributed by atoms with Crippen LogP contribution in [0.5, 0.6) is 0 Å². The first-order chi connectivity index (χ1) is 13.9. The number of fused-ring (bicyclic) bond motifs is 1. The Kier molecular flexibility index (Phi) is 4.38. The van der Waals surface area contributed by atoms with E-state index in [0.717, 1.165) is 24.4 Å². The molecule has 4 heterocycles. The summed E-state index contributed by atoms with van der Waals surface area (Å²) in [6.45, 7) is 3.14. The second-order valence-electron chi connectivity index (χ2n) is 8.14. The SMILES string of the molecule is O=C1NC=C(Cc2ccc(F)c(C(=O)N3CC4(CNC4)C3)c2)N2C(Cl)C(Cl)=CC12. The molecule has 2 atom stereocenters. The molecule has 2 unspecified atom stereocenters. The second-order valence-corrected chi connectivity index (χ2v) is 8.99. The van der Waals surface area contributed by atoms with Gasteiger partial charge in [-0.15, -0.1) is 0 Å². The van der Waals surface area contributed by atoms with Crippen LogP contribution in [0.3, 0.4) is 0 Å². The van der Waals surface area contributed by atoms with E-state index in [1.54, 1.807) is 34.2 Å². The van der Waals surface area contributed by atoms with Gasteiger partial charge >= 0.3 is 0 Å². The normalized spacial score (nSPS) is 26.9. The van der Waals surface area contributed by atoms with Gasteiger partial charge in [0.2, 0.25) is 0 Å². The maximum absolute atomic E-state index is 14.4. The number of nitrogens with zero attached hydrogens (tertiary/aromatic N) is 2. The Morgan fingerprint density at radius 2 is 2.07 bits per heavy atom. The highest BCUT2D eigenvalue weighted by Gasteiger charge is 2.49. The summed E-state index contributed by atoms with van der Waals surface area (Å²) in [4.78, 5) is 28.3. The minimum Gasteiger partial charge on any atom is -0.337 e. The Morgan fingerprint density at radius 1 is 1.31 bits per heavy atom. The van der Waals surface area contributed by atoms with Gasteiger partial charge in [0.05, 0.1) is 10.6 Å². The lowest BCUT2D eigenvalue weighted by molar-refractivity contribution is -0.123. The quantitative estimate of drug-likeness (QED) is 0.559. The Bertz CT molecular complexity index is 967. The third-order valence-electron chi connectivity index (χ3n) is 6.06. The molecule has 1 spiro atoms. The molecule has 2 saturated heterocycles. The number of rotatable bonds is 3.